The number of hydrogen-bond donors (Lipinski definition) is 1. The summed E-state index contributed by atoms with van der Waals surface area (Å²) < 4.78 is 19.4. The Morgan fingerprint density at radius 1 is 1.13 bits per heavy atom. The fourth-order valence-electron chi connectivity index (χ4n) is 3.00. The molecule has 1 aromatic rings. The quantitative estimate of drug-likeness (QED) is 0.835. The Morgan fingerprint density at radius 3 is 2.39 bits per heavy atom. The second-order valence-corrected chi connectivity index (χ2v) is 6.57. The number of ether oxygens (including phenoxy) is 1. The first-order valence-corrected chi connectivity index (χ1v) is 8.48. The molecular formula is C18H29FN2O2. The lowest BCUT2D eigenvalue weighted by molar-refractivity contribution is -0.0164. The van der Waals surface area contributed by atoms with E-state index in [1.807, 2.05) is 26.0 Å². The van der Waals surface area contributed by atoms with Crippen LogP contribution < -0.4 is 0 Å². The van der Waals surface area contributed by atoms with Crippen LogP contribution in [0.1, 0.15) is 32.4 Å². The van der Waals surface area contributed by atoms with Crippen LogP contribution in [0.25, 0.3) is 0 Å². The molecule has 0 amide bonds. The third kappa shape index (κ3) is 5.53. The average Bonchev–Trinajstić information content (AvgIpc) is 2.53. The minimum absolute atomic E-state index is 0.0764. The van der Waals surface area contributed by atoms with Crippen LogP contribution in [0, 0.1) is 5.82 Å². The van der Waals surface area contributed by atoms with Gasteiger partial charge >= 0.3 is 0 Å². The van der Waals surface area contributed by atoms with Crippen molar-refractivity contribution in [3.05, 3.63) is 35.6 Å². The maximum absolute atomic E-state index is 13.9. The molecule has 1 N–H and O–H groups in total. The van der Waals surface area contributed by atoms with Gasteiger partial charge in [0.15, 0.2) is 0 Å². The van der Waals surface area contributed by atoms with Gasteiger partial charge in [0.05, 0.1) is 18.8 Å². The number of hydrogen-bond acceptors (Lipinski definition) is 4. The molecule has 1 aromatic carbocycles. The Labute approximate surface area is 138 Å². The zero-order chi connectivity index (χ0) is 16.8. The van der Waals surface area contributed by atoms with E-state index in [4.69, 9.17) is 4.74 Å². The zero-order valence-electron chi connectivity index (χ0n) is 14.4. The van der Waals surface area contributed by atoms with Gasteiger partial charge in [-0.15, -0.1) is 0 Å². The third-order valence-electron chi connectivity index (χ3n) is 4.40. The summed E-state index contributed by atoms with van der Waals surface area (Å²) in [6, 6.07) is 7.07. The van der Waals surface area contributed by atoms with E-state index >= 15 is 0 Å². The van der Waals surface area contributed by atoms with Crippen molar-refractivity contribution < 1.29 is 14.2 Å². The van der Waals surface area contributed by atoms with Crippen molar-refractivity contribution in [1.82, 2.24) is 9.80 Å². The van der Waals surface area contributed by atoms with Crippen molar-refractivity contribution in [3.63, 3.8) is 0 Å². The summed E-state index contributed by atoms with van der Waals surface area (Å²) in [6.07, 6.45) is -0.309. The molecule has 1 heterocycles. The molecule has 0 spiro atoms. The van der Waals surface area contributed by atoms with E-state index in [9.17, 15) is 9.50 Å². The number of halogens is 1. The summed E-state index contributed by atoms with van der Waals surface area (Å²) in [7, 11) is 0. The van der Waals surface area contributed by atoms with Crippen LogP contribution in [-0.4, -0.2) is 66.4 Å². The molecule has 4 nitrogen and oxygen atoms in total. The van der Waals surface area contributed by atoms with Gasteiger partial charge in [-0.25, -0.2) is 4.39 Å². The number of nitrogens with zero attached hydrogens (tertiary/aromatic N) is 2. The molecule has 0 aromatic heterocycles. The molecule has 130 valence electrons. The van der Waals surface area contributed by atoms with E-state index in [2.05, 4.69) is 16.7 Å². The normalized spacial score (nSPS) is 19.9. The predicted octanol–water partition coefficient (Wildman–Crippen LogP) is 2.29. The largest absolute Gasteiger partial charge is 0.389 e. The van der Waals surface area contributed by atoms with Crippen molar-refractivity contribution in [2.24, 2.45) is 0 Å². The first-order chi connectivity index (χ1) is 11.0. The van der Waals surface area contributed by atoms with Gasteiger partial charge in [0.2, 0.25) is 0 Å². The van der Waals surface area contributed by atoms with Gasteiger partial charge in [0.1, 0.15) is 5.82 Å². The molecule has 1 aliphatic rings. The van der Waals surface area contributed by atoms with Crippen LogP contribution in [0.5, 0.6) is 0 Å². The van der Waals surface area contributed by atoms with E-state index in [-0.39, 0.29) is 18.0 Å². The van der Waals surface area contributed by atoms with Gasteiger partial charge in [-0.05, 0) is 26.8 Å². The van der Waals surface area contributed by atoms with E-state index in [0.29, 0.717) is 13.2 Å². The molecule has 2 rings (SSSR count). The molecular weight excluding hydrogens is 295 g/mol. The summed E-state index contributed by atoms with van der Waals surface area (Å²) in [5, 5.41) is 10.0. The lowest BCUT2D eigenvalue weighted by Gasteiger charge is -2.38. The van der Waals surface area contributed by atoms with Crippen molar-refractivity contribution in [3.8, 4) is 0 Å². The average molecular weight is 324 g/mol. The third-order valence-corrected chi connectivity index (χ3v) is 4.40. The lowest BCUT2D eigenvalue weighted by Crippen LogP contribution is -2.49. The number of aliphatic hydroxyl groups excluding tert-OH is 1. The summed E-state index contributed by atoms with van der Waals surface area (Å²) in [5.41, 5.74) is 0.756. The molecule has 2 atom stereocenters. The van der Waals surface area contributed by atoms with Crippen molar-refractivity contribution in [1.29, 1.82) is 0 Å². The summed E-state index contributed by atoms with van der Waals surface area (Å²) in [5.74, 6) is -0.135. The highest BCUT2D eigenvalue weighted by atomic mass is 19.1. The van der Waals surface area contributed by atoms with Gasteiger partial charge < -0.3 is 9.84 Å². The maximum Gasteiger partial charge on any atom is 0.127 e. The Morgan fingerprint density at radius 2 is 1.78 bits per heavy atom. The Kier molecular flexibility index (Phi) is 6.96. The fraction of sp³-hybridized carbons (Fsp3) is 0.667. The molecule has 1 saturated heterocycles. The molecule has 5 heteroatoms. The standard InChI is InChI=1S/C18H29FN2O2/c1-14(2)23-13-16(22)12-20-8-10-21(11-9-20)15(3)17-6-4-5-7-18(17)19/h4-7,14-16,22H,8-13H2,1-3H3/t15-,16+/m1/s1. The van der Waals surface area contributed by atoms with Crippen molar-refractivity contribution in [2.75, 3.05) is 39.3 Å². The van der Waals surface area contributed by atoms with Gasteiger partial charge in [-0.2, -0.15) is 0 Å². The van der Waals surface area contributed by atoms with Crippen molar-refractivity contribution >= 4 is 0 Å². The zero-order valence-corrected chi connectivity index (χ0v) is 14.4. The first kappa shape index (κ1) is 18.3. The van der Waals surface area contributed by atoms with Crippen LogP contribution >= 0.6 is 0 Å². The Hall–Kier alpha value is -1.01. The predicted molar refractivity (Wildman–Crippen MR) is 89.9 cm³/mol. The molecule has 0 bridgehead atoms. The minimum atomic E-state index is -0.451. The highest BCUT2D eigenvalue weighted by molar-refractivity contribution is 5.20. The van der Waals surface area contributed by atoms with Gasteiger partial charge in [0.25, 0.3) is 0 Å². The van der Waals surface area contributed by atoms with Crippen LogP contribution in [0.2, 0.25) is 0 Å². The number of β-amino-alcohol motifs (C(OH)–C–C–N with tert-alkyl or cyclic N) is 1. The molecule has 0 aliphatic carbocycles. The van der Waals surface area contributed by atoms with Crippen LogP contribution in [-0.2, 0) is 4.74 Å². The van der Waals surface area contributed by atoms with E-state index in [1.54, 1.807) is 6.07 Å². The molecule has 23 heavy (non-hydrogen) atoms. The SMILES string of the molecule is CC(C)OC[C@@H](O)CN1CCN([C@H](C)c2ccccc2F)CC1. The highest BCUT2D eigenvalue weighted by Crippen LogP contribution is 2.23. The first-order valence-electron chi connectivity index (χ1n) is 8.48. The fourth-order valence-corrected chi connectivity index (χ4v) is 3.00. The molecule has 1 fully saturated rings. The highest BCUT2D eigenvalue weighted by Gasteiger charge is 2.24. The van der Waals surface area contributed by atoms with Gasteiger partial charge in [-0.1, -0.05) is 18.2 Å². The van der Waals surface area contributed by atoms with Gasteiger partial charge in [-0.3, -0.25) is 9.80 Å². The van der Waals surface area contributed by atoms with Gasteiger partial charge in [0, 0.05) is 44.3 Å². The van der Waals surface area contributed by atoms with E-state index in [1.165, 1.54) is 6.07 Å². The van der Waals surface area contributed by atoms with E-state index in [0.717, 1.165) is 31.7 Å². The molecule has 1 aliphatic heterocycles. The minimum Gasteiger partial charge on any atom is -0.389 e. The monoisotopic (exact) mass is 324 g/mol. The Bertz CT molecular complexity index is 476. The van der Waals surface area contributed by atoms with Crippen molar-refractivity contribution in [2.45, 2.75) is 39.0 Å². The Balaban J connectivity index is 1.78. The number of rotatable bonds is 7. The molecule has 0 saturated carbocycles. The summed E-state index contributed by atoms with van der Waals surface area (Å²) in [6.45, 7) is 10.5. The number of benzene rings is 1. The lowest BCUT2D eigenvalue weighted by atomic mass is 10.1. The number of piperazine rings is 1. The summed E-state index contributed by atoms with van der Waals surface area (Å²) in [4.78, 5) is 4.55. The van der Waals surface area contributed by atoms with Crippen LogP contribution in [0.15, 0.2) is 24.3 Å². The number of aliphatic hydroxyl groups is 1. The smallest absolute Gasteiger partial charge is 0.127 e. The second kappa shape index (κ2) is 8.73. The topological polar surface area (TPSA) is 35.9 Å². The van der Waals surface area contributed by atoms with E-state index < -0.39 is 6.10 Å². The molecule has 0 radical (unpaired) electrons. The maximum atomic E-state index is 13.9. The van der Waals surface area contributed by atoms with Crippen LogP contribution in [0.3, 0.4) is 0 Å². The molecule has 0 unspecified atom stereocenters. The van der Waals surface area contributed by atoms with Crippen LogP contribution in [0.4, 0.5) is 4.39 Å². The summed E-state index contributed by atoms with van der Waals surface area (Å²) >= 11 is 0. The second-order valence-electron chi connectivity index (χ2n) is 6.57.